The van der Waals surface area contributed by atoms with Crippen LogP contribution in [0, 0.1) is 0 Å². The molecule has 0 heterocycles. The monoisotopic (exact) mass is 219 g/mol. The molecule has 0 aliphatic heterocycles. The van der Waals surface area contributed by atoms with E-state index in [1.807, 2.05) is 31.2 Å². The van der Waals surface area contributed by atoms with Crippen LogP contribution >= 0.6 is 0 Å². The van der Waals surface area contributed by atoms with Crippen molar-refractivity contribution in [1.82, 2.24) is 0 Å². The van der Waals surface area contributed by atoms with Crippen molar-refractivity contribution in [1.29, 1.82) is 0 Å². The highest BCUT2D eigenvalue weighted by atomic mass is 16.2. The zero-order valence-electron chi connectivity index (χ0n) is 9.75. The Morgan fingerprint density at radius 2 is 1.88 bits per heavy atom. The van der Waals surface area contributed by atoms with Crippen molar-refractivity contribution in [2.45, 2.75) is 33.1 Å². The summed E-state index contributed by atoms with van der Waals surface area (Å²) in [7, 11) is 0. The largest absolute Gasteiger partial charge is 0.326 e. The molecule has 16 heavy (non-hydrogen) atoms. The molecule has 0 aliphatic rings. The van der Waals surface area contributed by atoms with Gasteiger partial charge in [-0.05, 0) is 25.0 Å². The van der Waals surface area contributed by atoms with Crippen LogP contribution in [0.3, 0.4) is 0 Å². The number of nitrogens with one attached hydrogen (secondary N) is 1. The van der Waals surface area contributed by atoms with Crippen molar-refractivity contribution in [2.24, 2.45) is 0 Å². The second-order valence-corrected chi connectivity index (χ2v) is 3.76. The van der Waals surface area contributed by atoms with Crippen molar-refractivity contribution >= 4 is 17.4 Å². The molecular weight excluding hydrogens is 202 g/mol. The molecule has 0 aromatic heterocycles. The quantitative estimate of drug-likeness (QED) is 0.827. The fourth-order valence-electron chi connectivity index (χ4n) is 1.45. The summed E-state index contributed by atoms with van der Waals surface area (Å²) in [5.41, 5.74) is 1.96. The number of hydrogen-bond donors (Lipinski definition) is 1. The first-order valence-corrected chi connectivity index (χ1v) is 5.50. The van der Waals surface area contributed by atoms with Gasteiger partial charge in [-0.15, -0.1) is 0 Å². The molecule has 1 amide bonds. The predicted octanol–water partition coefficient (Wildman–Crippen LogP) is 2.56. The van der Waals surface area contributed by atoms with Gasteiger partial charge in [0.05, 0.1) is 0 Å². The third kappa shape index (κ3) is 3.85. The van der Waals surface area contributed by atoms with E-state index >= 15 is 0 Å². The van der Waals surface area contributed by atoms with Gasteiger partial charge in [0.2, 0.25) is 5.91 Å². The lowest BCUT2D eigenvalue weighted by Crippen LogP contribution is -2.13. The number of rotatable bonds is 5. The summed E-state index contributed by atoms with van der Waals surface area (Å²) in [5.74, 6) is -0.0602. The molecule has 0 unspecified atom stereocenters. The van der Waals surface area contributed by atoms with E-state index in [2.05, 4.69) is 5.32 Å². The lowest BCUT2D eigenvalue weighted by Gasteiger charge is -2.08. The molecule has 0 spiro atoms. The Balaban J connectivity index is 2.58. The van der Waals surface area contributed by atoms with Crippen molar-refractivity contribution in [3.05, 3.63) is 29.8 Å². The van der Waals surface area contributed by atoms with E-state index in [0.717, 1.165) is 17.7 Å². The lowest BCUT2D eigenvalue weighted by molar-refractivity contribution is -0.121. The number of para-hydroxylation sites is 1. The first-order valence-electron chi connectivity index (χ1n) is 5.50. The second kappa shape index (κ2) is 6.05. The summed E-state index contributed by atoms with van der Waals surface area (Å²) in [4.78, 5) is 22.3. The van der Waals surface area contributed by atoms with Gasteiger partial charge in [0.15, 0.2) is 0 Å². The Bertz CT molecular complexity index is 385. The van der Waals surface area contributed by atoms with Crippen LogP contribution < -0.4 is 5.32 Å². The average Bonchev–Trinajstić information content (AvgIpc) is 2.27. The van der Waals surface area contributed by atoms with Crippen LogP contribution in [0.4, 0.5) is 5.69 Å². The lowest BCUT2D eigenvalue weighted by atomic mass is 10.1. The molecule has 1 rings (SSSR count). The van der Waals surface area contributed by atoms with Crippen molar-refractivity contribution in [3.63, 3.8) is 0 Å². The summed E-state index contributed by atoms with van der Waals surface area (Å²) in [6.45, 7) is 3.54. The first kappa shape index (κ1) is 12.4. The Morgan fingerprint density at radius 3 is 2.50 bits per heavy atom. The number of anilines is 1. The van der Waals surface area contributed by atoms with Gasteiger partial charge in [-0.2, -0.15) is 0 Å². The minimum Gasteiger partial charge on any atom is -0.326 e. The van der Waals surface area contributed by atoms with Crippen molar-refractivity contribution in [2.75, 3.05) is 5.32 Å². The topological polar surface area (TPSA) is 46.2 Å². The Hall–Kier alpha value is -1.64. The molecule has 0 radical (unpaired) electrons. The van der Waals surface area contributed by atoms with E-state index in [0.29, 0.717) is 6.42 Å². The summed E-state index contributed by atoms with van der Waals surface area (Å²) in [6, 6.07) is 7.70. The number of benzene rings is 1. The maximum atomic E-state index is 11.5. The standard InChI is InChI=1S/C13H17NO2/c1-3-11-6-4-5-7-12(11)14-13(16)9-8-10(2)15/h4-7H,3,8-9H2,1-2H3,(H,14,16). The third-order valence-corrected chi connectivity index (χ3v) is 2.38. The molecule has 3 heteroatoms. The number of hydrogen-bond acceptors (Lipinski definition) is 2. The molecule has 0 atom stereocenters. The number of ketones is 1. The average molecular weight is 219 g/mol. The molecule has 0 aliphatic carbocycles. The SMILES string of the molecule is CCc1ccccc1NC(=O)CCC(C)=O. The molecule has 0 bridgehead atoms. The van der Waals surface area contributed by atoms with Crippen LogP contribution in [0.2, 0.25) is 0 Å². The van der Waals surface area contributed by atoms with E-state index < -0.39 is 0 Å². The van der Waals surface area contributed by atoms with Crippen LogP contribution in [-0.2, 0) is 16.0 Å². The third-order valence-electron chi connectivity index (χ3n) is 2.38. The van der Waals surface area contributed by atoms with E-state index in [-0.39, 0.29) is 18.1 Å². The molecule has 1 N–H and O–H groups in total. The van der Waals surface area contributed by atoms with E-state index in [4.69, 9.17) is 0 Å². The minimum absolute atomic E-state index is 0.0407. The zero-order valence-corrected chi connectivity index (χ0v) is 9.75. The fraction of sp³-hybridized carbons (Fsp3) is 0.385. The number of amides is 1. The smallest absolute Gasteiger partial charge is 0.224 e. The second-order valence-electron chi connectivity index (χ2n) is 3.76. The Morgan fingerprint density at radius 1 is 1.19 bits per heavy atom. The maximum Gasteiger partial charge on any atom is 0.224 e. The molecule has 1 aromatic carbocycles. The van der Waals surface area contributed by atoms with Crippen LogP contribution in [0.1, 0.15) is 32.3 Å². The van der Waals surface area contributed by atoms with E-state index in [1.54, 1.807) is 0 Å². The molecule has 0 saturated heterocycles. The van der Waals surface area contributed by atoms with E-state index in [9.17, 15) is 9.59 Å². The number of carbonyl (C=O) groups is 2. The minimum atomic E-state index is -0.101. The molecule has 0 fully saturated rings. The van der Waals surface area contributed by atoms with Gasteiger partial charge in [0, 0.05) is 18.5 Å². The summed E-state index contributed by atoms with van der Waals surface area (Å²) in [6.07, 6.45) is 1.44. The summed E-state index contributed by atoms with van der Waals surface area (Å²) in [5, 5.41) is 2.83. The molecule has 1 aromatic rings. The van der Waals surface area contributed by atoms with Gasteiger partial charge >= 0.3 is 0 Å². The van der Waals surface area contributed by atoms with E-state index in [1.165, 1.54) is 6.92 Å². The predicted molar refractivity (Wildman–Crippen MR) is 64.4 cm³/mol. The van der Waals surface area contributed by atoms with Crippen LogP contribution in [0.5, 0.6) is 0 Å². The van der Waals surface area contributed by atoms with Crippen LogP contribution in [-0.4, -0.2) is 11.7 Å². The normalized spacial score (nSPS) is 9.88. The molecule has 86 valence electrons. The zero-order chi connectivity index (χ0) is 12.0. The molecule has 3 nitrogen and oxygen atoms in total. The molecule has 0 saturated carbocycles. The van der Waals surface area contributed by atoms with Gasteiger partial charge in [0.25, 0.3) is 0 Å². The number of aryl methyl sites for hydroxylation is 1. The van der Waals surface area contributed by atoms with Crippen LogP contribution in [0.15, 0.2) is 24.3 Å². The van der Waals surface area contributed by atoms with Crippen LogP contribution in [0.25, 0.3) is 0 Å². The van der Waals surface area contributed by atoms with Gasteiger partial charge in [-0.3, -0.25) is 4.79 Å². The number of Topliss-reactive ketones (excluding diaryl/α,β-unsaturated/α-hetero) is 1. The maximum absolute atomic E-state index is 11.5. The van der Waals surface area contributed by atoms with Gasteiger partial charge < -0.3 is 10.1 Å². The summed E-state index contributed by atoms with van der Waals surface area (Å²) >= 11 is 0. The highest BCUT2D eigenvalue weighted by Crippen LogP contribution is 2.15. The highest BCUT2D eigenvalue weighted by molar-refractivity contribution is 5.93. The molecular formula is C13H17NO2. The number of carbonyl (C=O) groups excluding carboxylic acids is 2. The Kier molecular flexibility index (Phi) is 4.70. The van der Waals surface area contributed by atoms with Crippen molar-refractivity contribution < 1.29 is 9.59 Å². The first-order chi connectivity index (χ1) is 7.63. The highest BCUT2D eigenvalue weighted by Gasteiger charge is 2.06. The van der Waals surface area contributed by atoms with Crippen molar-refractivity contribution in [3.8, 4) is 0 Å². The summed E-state index contributed by atoms with van der Waals surface area (Å²) < 4.78 is 0. The Labute approximate surface area is 95.9 Å². The van der Waals surface area contributed by atoms with Gasteiger partial charge in [-0.25, -0.2) is 0 Å². The van der Waals surface area contributed by atoms with Gasteiger partial charge in [-0.1, -0.05) is 25.1 Å². The fourth-order valence-corrected chi connectivity index (χ4v) is 1.45. The van der Waals surface area contributed by atoms with Gasteiger partial charge in [0.1, 0.15) is 5.78 Å².